The Balaban J connectivity index is 1.25. The average molecular weight is 580 g/mol. The summed E-state index contributed by atoms with van der Waals surface area (Å²) in [5.74, 6) is -2.09. The number of unbranched alkanes of at least 4 members (excludes halogenated alkanes) is 13. The Morgan fingerprint density at radius 2 is 1.19 bits per heavy atom. The molecule has 0 radical (unpaired) electrons. The van der Waals surface area contributed by atoms with Gasteiger partial charge in [-0.15, -0.1) is 0 Å². The maximum atomic E-state index is 12.5. The number of carbonyl (C=O) groups is 3. The van der Waals surface area contributed by atoms with Crippen molar-refractivity contribution < 1.29 is 29.0 Å². The van der Waals surface area contributed by atoms with E-state index in [0.717, 1.165) is 41.5 Å². The SMILES string of the molecule is CCCCCCCCCCCCCCCCOC(=O)C[C@H](NC(=O)OCC1c2ccccc2-c2ccccc21)C(=O)O. The summed E-state index contributed by atoms with van der Waals surface area (Å²) in [7, 11) is 0. The van der Waals surface area contributed by atoms with Crippen molar-refractivity contribution in [3.05, 3.63) is 59.7 Å². The molecule has 42 heavy (non-hydrogen) atoms. The molecule has 230 valence electrons. The molecule has 3 rings (SSSR count). The average Bonchev–Trinajstić information content (AvgIpc) is 3.31. The molecule has 0 saturated carbocycles. The monoisotopic (exact) mass is 579 g/mol. The van der Waals surface area contributed by atoms with Crippen LogP contribution in [0.3, 0.4) is 0 Å². The quantitative estimate of drug-likeness (QED) is 0.114. The zero-order valence-corrected chi connectivity index (χ0v) is 25.3. The first-order valence-corrected chi connectivity index (χ1v) is 16.0. The third-order valence-electron chi connectivity index (χ3n) is 8.07. The minimum absolute atomic E-state index is 0.0652. The standard InChI is InChI=1S/C35H49NO6/c1-2-3-4-5-6-7-8-9-10-11-12-13-14-19-24-41-33(37)25-32(34(38)39)36-35(40)42-26-31-29-22-17-15-20-27(29)28-21-16-18-23-30(28)31/h15-18,20-23,31-32H,2-14,19,24-26H2,1H3,(H,36,40)(H,38,39)/t32-/m0/s1. The number of esters is 1. The van der Waals surface area contributed by atoms with E-state index in [9.17, 15) is 19.5 Å². The van der Waals surface area contributed by atoms with Gasteiger partial charge in [-0.05, 0) is 28.7 Å². The van der Waals surface area contributed by atoms with Gasteiger partial charge in [-0.3, -0.25) is 4.79 Å². The van der Waals surface area contributed by atoms with Crippen LogP contribution in [0, 0.1) is 0 Å². The van der Waals surface area contributed by atoms with Gasteiger partial charge < -0.3 is 19.9 Å². The van der Waals surface area contributed by atoms with Crippen molar-refractivity contribution in [3.63, 3.8) is 0 Å². The van der Waals surface area contributed by atoms with E-state index >= 15 is 0 Å². The number of ether oxygens (including phenoxy) is 2. The first-order chi connectivity index (χ1) is 20.5. The summed E-state index contributed by atoms with van der Waals surface area (Å²) in [6.07, 6.45) is 16.1. The molecule has 0 spiro atoms. The lowest BCUT2D eigenvalue weighted by molar-refractivity contribution is -0.149. The number of rotatable bonds is 21. The summed E-state index contributed by atoms with van der Waals surface area (Å²) < 4.78 is 10.7. The molecule has 0 bridgehead atoms. The molecule has 2 aromatic carbocycles. The Bertz CT molecular complexity index is 1070. The van der Waals surface area contributed by atoms with Gasteiger partial charge >= 0.3 is 18.0 Å². The third-order valence-corrected chi connectivity index (χ3v) is 8.07. The smallest absolute Gasteiger partial charge is 0.407 e. The summed E-state index contributed by atoms with van der Waals surface area (Å²) in [6.45, 7) is 2.57. The van der Waals surface area contributed by atoms with Gasteiger partial charge in [0.05, 0.1) is 13.0 Å². The van der Waals surface area contributed by atoms with Gasteiger partial charge in [-0.1, -0.05) is 139 Å². The second kappa shape index (κ2) is 19.0. The van der Waals surface area contributed by atoms with Crippen molar-refractivity contribution in [1.82, 2.24) is 5.32 Å². The molecule has 0 heterocycles. The lowest BCUT2D eigenvalue weighted by Gasteiger charge is -2.17. The van der Waals surface area contributed by atoms with Crippen LogP contribution in [0.25, 0.3) is 11.1 Å². The molecule has 1 aliphatic carbocycles. The van der Waals surface area contributed by atoms with Crippen LogP contribution < -0.4 is 5.32 Å². The lowest BCUT2D eigenvalue weighted by Crippen LogP contribution is -2.43. The zero-order valence-electron chi connectivity index (χ0n) is 25.3. The molecule has 7 heteroatoms. The number of amides is 1. The molecule has 0 aliphatic heterocycles. The molecule has 2 N–H and O–H groups in total. The van der Waals surface area contributed by atoms with Crippen molar-refractivity contribution in [2.24, 2.45) is 0 Å². The van der Waals surface area contributed by atoms with Gasteiger partial charge in [0.1, 0.15) is 12.6 Å². The fraction of sp³-hybridized carbons (Fsp3) is 0.571. The number of alkyl carbamates (subject to hydrolysis) is 1. The summed E-state index contributed by atoms with van der Waals surface area (Å²) in [4.78, 5) is 36.4. The summed E-state index contributed by atoms with van der Waals surface area (Å²) in [5, 5.41) is 11.8. The number of aliphatic carboxylic acids is 1. The molecule has 0 aromatic heterocycles. The van der Waals surface area contributed by atoms with Crippen LogP contribution in [0.15, 0.2) is 48.5 Å². The first kappa shape index (κ1) is 33.2. The van der Waals surface area contributed by atoms with Gasteiger partial charge in [0.15, 0.2) is 0 Å². The van der Waals surface area contributed by atoms with Gasteiger partial charge in [0.25, 0.3) is 0 Å². The number of carboxylic acids is 1. The van der Waals surface area contributed by atoms with Crippen LogP contribution in [0.4, 0.5) is 4.79 Å². The fourth-order valence-electron chi connectivity index (χ4n) is 5.69. The van der Waals surface area contributed by atoms with E-state index in [-0.39, 0.29) is 19.1 Å². The molecule has 7 nitrogen and oxygen atoms in total. The number of benzene rings is 2. The maximum Gasteiger partial charge on any atom is 0.407 e. The van der Waals surface area contributed by atoms with Crippen LogP contribution in [0.2, 0.25) is 0 Å². The van der Waals surface area contributed by atoms with Gasteiger partial charge in [0.2, 0.25) is 0 Å². The van der Waals surface area contributed by atoms with Crippen LogP contribution >= 0.6 is 0 Å². The molecule has 0 unspecified atom stereocenters. The Hall–Kier alpha value is -3.35. The normalized spacial score (nSPS) is 12.8. The van der Waals surface area contributed by atoms with E-state index in [4.69, 9.17) is 9.47 Å². The summed E-state index contributed by atoms with van der Waals surface area (Å²) >= 11 is 0. The first-order valence-electron chi connectivity index (χ1n) is 16.0. The van der Waals surface area contributed by atoms with E-state index in [2.05, 4.69) is 12.2 Å². The number of nitrogens with one attached hydrogen (secondary N) is 1. The van der Waals surface area contributed by atoms with Crippen LogP contribution in [0.5, 0.6) is 0 Å². The Kier molecular flexibility index (Phi) is 15.0. The number of fused-ring (bicyclic) bond motifs is 3. The van der Waals surface area contributed by atoms with E-state index in [1.807, 2.05) is 48.5 Å². The van der Waals surface area contributed by atoms with Crippen molar-refractivity contribution in [2.45, 2.75) is 115 Å². The second-order valence-electron chi connectivity index (χ2n) is 11.4. The summed E-state index contributed by atoms with van der Waals surface area (Å²) in [6, 6.07) is 14.5. The lowest BCUT2D eigenvalue weighted by atomic mass is 9.98. The van der Waals surface area contributed by atoms with Crippen LogP contribution in [-0.2, 0) is 19.1 Å². The van der Waals surface area contributed by atoms with E-state index in [1.54, 1.807) is 0 Å². The highest BCUT2D eigenvalue weighted by Gasteiger charge is 2.30. The van der Waals surface area contributed by atoms with Crippen LogP contribution in [0.1, 0.15) is 120 Å². The van der Waals surface area contributed by atoms with E-state index in [1.165, 1.54) is 70.6 Å². The zero-order chi connectivity index (χ0) is 30.0. The third kappa shape index (κ3) is 11.1. The highest BCUT2D eigenvalue weighted by molar-refractivity contribution is 5.85. The van der Waals surface area contributed by atoms with Crippen molar-refractivity contribution in [2.75, 3.05) is 13.2 Å². The summed E-state index contributed by atoms with van der Waals surface area (Å²) in [5.41, 5.74) is 4.33. The second-order valence-corrected chi connectivity index (χ2v) is 11.4. The van der Waals surface area contributed by atoms with Gasteiger partial charge in [-0.25, -0.2) is 9.59 Å². The Morgan fingerprint density at radius 1 is 0.714 bits per heavy atom. The maximum absolute atomic E-state index is 12.5. The molecule has 1 atom stereocenters. The highest BCUT2D eigenvalue weighted by atomic mass is 16.6. The van der Waals surface area contributed by atoms with E-state index < -0.39 is 30.5 Å². The Labute approximate surface area is 251 Å². The molecule has 0 saturated heterocycles. The topological polar surface area (TPSA) is 102 Å². The number of carboxylic acid groups (broad SMARTS) is 1. The number of carbonyl (C=O) groups excluding carboxylic acids is 2. The fourth-order valence-corrected chi connectivity index (χ4v) is 5.69. The van der Waals surface area contributed by atoms with Gasteiger partial charge in [0, 0.05) is 5.92 Å². The van der Waals surface area contributed by atoms with E-state index in [0.29, 0.717) is 0 Å². The molecule has 1 amide bonds. The highest BCUT2D eigenvalue weighted by Crippen LogP contribution is 2.44. The minimum atomic E-state index is -1.41. The van der Waals surface area contributed by atoms with Gasteiger partial charge in [-0.2, -0.15) is 0 Å². The van der Waals surface area contributed by atoms with Crippen molar-refractivity contribution >= 4 is 18.0 Å². The van der Waals surface area contributed by atoms with Crippen molar-refractivity contribution in [1.29, 1.82) is 0 Å². The molecular weight excluding hydrogens is 530 g/mol. The predicted octanol–water partition coefficient (Wildman–Crippen LogP) is 8.39. The molecule has 0 fully saturated rings. The molecule has 1 aliphatic rings. The largest absolute Gasteiger partial charge is 0.480 e. The van der Waals surface area contributed by atoms with Crippen LogP contribution in [-0.4, -0.2) is 42.4 Å². The molecular formula is C35H49NO6. The van der Waals surface area contributed by atoms with Crippen molar-refractivity contribution in [3.8, 4) is 11.1 Å². The predicted molar refractivity (Wildman–Crippen MR) is 166 cm³/mol. The number of hydrogen-bond acceptors (Lipinski definition) is 5. The molecule has 2 aromatic rings. The number of hydrogen-bond donors (Lipinski definition) is 2. The Morgan fingerprint density at radius 3 is 1.69 bits per heavy atom. The minimum Gasteiger partial charge on any atom is -0.480 e.